The van der Waals surface area contributed by atoms with E-state index in [9.17, 15) is 19.7 Å². The number of amides is 1. The van der Waals surface area contributed by atoms with Gasteiger partial charge >= 0.3 is 5.97 Å². The van der Waals surface area contributed by atoms with E-state index in [-0.39, 0.29) is 18.3 Å². The van der Waals surface area contributed by atoms with Gasteiger partial charge < -0.3 is 14.4 Å². The molecule has 0 spiro atoms. The van der Waals surface area contributed by atoms with E-state index in [0.717, 1.165) is 12.2 Å². The molecule has 8 nitrogen and oxygen atoms in total. The minimum atomic E-state index is -1.21. The van der Waals surface area contributed by atoms with E-state index < -0.39 is 16.8 Å². The first kappa shape index (κ1) is 18.9. The van der Waals surface area contributed by atoms with Gasteiger partial charge in [0.05, 0.1) is 17.0 Å². The number of nitrogens with zero attached hydrogens (tertiary/aromatic N) is 2. The van der Waals surface area contributed by atoms with Gasteiger partial charge in [-0.1, -0.05) is 12.1 Å². The summed E-state index contributed by atoms with van der Waals surface area (Å²) in [5, 5.41) is 19.8. The van der Waals surface area contributed by atoms with Crippen LogP contribution in [0.5, 0.6) is 0 Å². The lowest BCUT2D eigenvalue weighted by Gasteiger charge is -2.24. The first-order chi connectivity index (χ1) is 12.3. The van der Waals surface area contributed by atoms with E-state index in [1.807, 2.05) is 0 Å². The van der Waals surface area contributed by atoms with Crippen molar-refractivity contribution < 1.29 is 24.0 Å². The largest absolute Gasteiger partial charge is 0.478 e. The van der Waals surface area contributed by atoms with Crippen LogP contribution in [0.25, 0.3) is 11.3 Å². The Hall–Kier alpha value is -3.42. The summed E-state index contributed by atoms with van der Waals surface area (Å²) < 4.78 is 5.68. The van der Waals surface area contributed by atoms with E-state index in [1.54, 1.807) is 44.2 Å². The van der Waals surface area contributed by atoms with E-state index >= 15 is 0 Å². The van der Waals surface area contributed by atoms with Crippen LogP contribution in [0.1, 0.15) is 19.6 Å². The van der Waals surface area contributed by atoms with Crippen molar-refractivity contribution >= 4 is 17.6 Å². The number of para-hydroxylation sites is 1. The number of nitro groups is 1. The highest BCUT2D eigenvalue weighted by Gasteiger charge is 2.20. The smallest absolute Gasteiger partial charge is 0.328 e. The van der Waals surface area contributed by atoms with Gasteiger partial charge in [-0.25, -0.2) is 4.79 Å². The average Bonchev–Trinajstić information content (AvgIpc) is 3.05. The molecule has 2 aromatic rings. The monoisotopic (exact) mass is 358 g/mol. The topological polar surface area (TPSA) is 114 Å². The highest BCUT2D eigenvalue weighted by molar-refractivity contribution is 5.94. The van der Waals surface area contributed by atoms with E-state index in [1.165, 1.54) is 11.0 Å². The van der Waals surface area contributed by atoms with E-state index in [4.69, 9.17) is 9.52 Å². The minimum absolute atomic E-state index is 0.0745. The molecule has 0 bridgehead atoms. The highest BCUT2D eigenvalue weighted by atomic mass is 16.6. The Kier molecular flexibility index (Phi) is 5.90. The maximum Gasteiger partial charge on any atom is 0.328 e. The van der Waals surface area contributed by atoms with Gasteiger partial charge in [0.1, 0.15) is 11.5 Å². The Morgan fingerprint density at radius 3 is 2.54 bits per heavy atom. The predicted molar refractivity (Wildman–Crippen MR) is 93.3 cm³/mol. The average molecular weight is 358 g/mol. The van der Waals surface area contributed by atoms with Crippen molar-refractivity contribution in [2.75, 3.05) is 0 Å². The third-order valence-electron chi connectivity index (χ3n) is 3.63. The Bertz CT molecular complexity index is 853. The van der Waals surface area contributed by atoms with Gasteiger partial charge in [0.2, 0.25) is 5.91 Å². The second-order valence-corrected chi connectivity index (χ2v) is 5.77. The summed E-state index contributed by atoms with van der Waals surface area (Å²) in [6.07, 6.45) is 1.76. The lowest BCUT2D eigenvalue weighted by molar-refractivity contribution is -0.384. The van der Waals surface area contributed by atoms with Crippen LogP contribution in [0.4, 0.5) is 5.69 Å². The molecule has 0 saturated heterocycles. The highest BCUT2D eigenvalue weighted by Crippen LogP contribution is 2.31. The van der Waals surface area contributed by atoms with Gasteiger partial charge in [0.15, 0.2) is 0 Å². The van der Waals surface area contributed by atoms with Crippen LogP contribution in [0.3, 0.4) is 0 Å². The summed E-state index contributed by atoms with van der Waals surface area (Å²) in [6.45, 7) is 3.69. The number of benzene rings is 1. The fraction of sp³-hybridized carbons (Fsp3) is 0.222. The van der Waals surface area contributed by atoms with Crippen LogP contribution in [-0.4, -0.2) is 32.8 Å². The summed E-state index contributed by atoms with van der Waals surface area (Å²) in [5.41, 5.74) is 0.270. The molecule has 136 valence electrons. The molecule has 26 heavy (non-hydrogen) atoms. The third kappa shape index (κ3) is 4.56. The Morgan fingerprint density at radius 1 is 1.23 bits per heavy atom. The van der Waals surface area contributed by atoms with Crippen LogP contribution in [0.15, 0.2) is 53.0 Å². The molecule has 0 fully saturated rings. The Balaban J connectivity index is 2.25. The number of rotatable bonds is 7. The quantitative estimate of drug-likeness (QED) is 0.462. The van der Waals surface area contributed by atoms with Gasteiger partial charge in [-0.15, -0.1) is 0 Å². The summed E-state index contributed by atoms with van der Waals surface area (Å²) in [4.78, 5) is 34.8. The van der Waals surface area contributed by atoms with Crippen molar-refractivity contribution in [3.05, 3.63) is 64.4 Å². The summed E-state index contributed by atoms with van der Waals surface area (Å²) >= 11 is 0. The molecular weight excluding hydrogens is 340 g/mol. The number of aliphatic carboxylic acids is 1. The molecule has 0 saturated carbocycles. The van der Waals surface area contributed by atoms with Crippen molar-refractivity contribution in [3.8, 4) is 11.3 Å². The SMILES string of the molecule is CC(C)N(Cc1ccc(-c2ccccc2[N+](=O)[O-])o1)C(=O)/C=C\C(=O)O. The number of furan rings is 1. The van der Waals surface area contributed by atoms with Crippen molar-refractivity contribution in [2.24, 2.45) is 0 Å². The lowest BCUT2D eigenvalue weighted by Crippen LogP contribution is -2.35. The number of hydrogen-bond donors (Lipinski definition) is 1. The second-order valence-electron chi connectivity index (χ2n) is 5.77. The molecule has 1 aromatic carbocycles. The zero-order chi connectivity index (χ0) is 19.3. The maximum absolute atomic E-state index is 12.2. The molecular formula is C18H18N2O6. The summed E-state index contributed by atoms with van der Waals surface area (Å²) in [7, 11) is 0. The number of hydrogen-bond acceptors (Lipinski definition) is 5. The second kappa shape index (κ2) is 8.11. The zero-order valence-corrected chi connectivity index (χ0v) is 14.3. The minimum Gasteiger partial charge on any atom is -0.478 e. The molecule has 0 aliphatic rings. The van der Waals surface area contributed by atoms with Crippen LogP contribution in [0.2, 0.25) is 0 Å². The van der Waals surface area contributed by atoms with Gasteiger partial charge in [-0.3, -0.25) is 14.9 Å². The Labute approximate surface area is 149 Å². The fourth-order valence-electron chi connectivity index (χ4n) is 2.37. The maximum atomic E-state index is 12.2. The van der Waals surface area contributed by atoms with Crippen molar-refractivity contribution in [3.63, 3.8) is 0 Å². The van der Waals surface area contributed by atoms with E-state index in [0.29, 0.717) is 17.1 Å². The molecule has 1 heterocycles. The fourth-order valence-corrected chi connectivity index (χ4v) is 2.37. The molecule has 8 heteroatoms. The van der Waals surface area contributed by atoms with Gasteiger partial charge in [0.25, 0.3) is 5.69 Å². The van der Waals surface area contributed by atoms with Crippen LogP contribution < -0.4 is 0 Å². The summed E-state index contributed by atoms with van der Waals surface area (Å²) in [5.74, 6) is -0.918. The molecule has 0 aliphatic heterocycles. The normalized spacial score (nSPS) is 11.0. The zero-order valence-electron chi connectivity index (χ0n) is 14.3. The molecule has 0 atom stereocenters. The molecule has 0 unspecified atom stereocenters. The number of nitro benzene ring substituents is 1. The number of carboxylic acids is 1. The standard InChI is InChI=1S/C18H18N2O6/c1-12(2)19(17(21)9-10-18(22)23)11-13-7-8-16(26-13)14-5-3-4-6-15(14)20(24)25/h3-10,12H,11H2,1-2H3,(H,22,23)/b10-9-. The first-order valence-electron chi connectivity index (χ1n) is 7.83. The molecule has 0 radical (unpaired) electrons. The molecule has 1 amide bonds. The molecule has 1 aromatic heterocycles. The van der Waals surface area contributed by atoms with Crippen LogP contribution >= 0.6 is 0 Å². The lowest BCUT2D eigenvalue weighted by atomic mass is 10.1. The number of carbonyl (C=O) groups is 2. The predicted octanol–water partition coefficient (Wildman–Crippen LogP) is 3.23. The van der Waals surface area contributed by atoms with Crippen molar-refractivity contribution in [1.82, 2.24) is 4.90 Å². The number of carbonyl (C=O) groups excluding carboxylic acids is 1. The van der Waals surface area contributed by atoms with Crippen molar-refractivity contribution in [1.29, 1.82) is 0 Å². The molecule has 1 N–H and O–H groups in total. The molecule has 0 aliphatic carbocycles. The first-order valence-corrected chi connectivity index (χ1v) is 7.83. The Morgan fingerprint density at radius 2 is 1.92 bits per heavy atom. The third-order valence-corrected chi connectivity index (χ3v) is 3.63. The number of carboxylic acid groups (broad SMARTS) is 1. The van der Waals surface area contributed by atoms with Gasteiger partial charge in [-0.05, 0) is 32.0 Å². The van der Waals surface area contributed by atoms with Crippen LogP contribution in [0, 0.1) is 10.1 Å². The van der Waals surface area contributed by atoms with Gasteiger partial charge in [0, 0.05) is 24.3 Å². The molecule has 2 rings (SSSR count). The van der Waals surface area contributed by atoms with Crippen molar-refractivity contribution in [2.45, 2.75) is 26.4 Å². The van der Waals surface area contributed by atoms with Crippen LogP contribution in [-0.2, 0) is 16.1 Å². The van der Waals surface area contributed by atoms with Gasteiger partial charge in [-0.2, -0.15) is 0 Å². The van der Waals surface area contributed by atoms with E-state index in [2.05, 4.69) is 0 Å². The summed E-state index contributed by atoms with van der Waals surface area (Å²) in [6, 6.07) is 9.26.